The van der Waals surface area contributed by atoms with Gasteiger partial charge >= 0.3 is 0 Å². The lowest BCUT2D eigenvalue weighted by Gasteiger charge is -2.15. The summed E-state index contributed by atoms with van der Waals surface area (Å²) in [4.78, 5) is 13.7. The van der Waals surface area contributed by atoms with Crippen LogP contribution in [0.4, 0.5) is 5.82 Å². The maximum Gasteiger partial charge on any atom is 0.161 e. The second kappa shape index (κ2) is 7.35. The molecule has 0 saturated heterocycles. The lowest BCUT2D eigenvalue weighted by molar-refractivity contribution is 0.608. The molecule has 0 atom stereocenters. The Morgan fingerprint density at radius 3 is 2.80 bits per heavy atom. The van der Waals surface area contributed by atoms with Gasteiger partial charge in [-0.05, 0) is 25.1 Å². The van der Waals surface area contributed by atoms with E-state index in [9.17, 15) is 0 Å². The highest BCUT2D eigenvalue weighted by atomic mass is 15.4. The van der Waals surface area contributed by atoms with Gasteiger partial charge in [0.25, 0.3) is 0 Å². The van der Waals surface area contributed by atoms with Gasteiger partial charge in [-0.15, -0.1) is 5.10 Å². The van der Waals surface area contributed by atoms with E-state index in [2.05, 4.69) is 25.9 Å². The molecule has 128 valence electrons. The topological polar surface area (TPSA) is 93.4 Å². The predicted octanol–water partition coefficient (Wildman–Crippen LogP) is 0.930. The van der Waals surface area contributed by atoms with Gasteiger partial charge in [0.1, 0.15) is 5.82 Å². The highest BCUT2D eigenvalue weighted by molar-refractivity contribution is 5.59. The fourth-order valence-corrected chi connectivity index (χ4v) is 2.96. The van der Waals surface area contributed by atoms with Gasteiger partial charge in [0.2, 0.25) is 0 Å². The van der Waals surface area contributed by atoms with Crippen molar-refractivity contribution in [2.75, 3.05) is 25.0 Å². The molecule has 3 aromatic rings. The van der Waals surface area contributed by atoms with Crippen LogP contribution in [0.15, 0.2) is 36.9 Å². The van der Waals surface area contributed by atoms with Crippen molar-refractivity contribution in [1.82, 2.24) is 35.3 Å². The van der Waals surface area contributed by atoms with Crippen molar-refractivity contribution in [2.24, 2.45) is 0 Å². The molecule has 0 aliphatic carbocycles. The molecule has 4 rings (SSSR count). The number of fused-ring (bicyclic) bond motifs is 1. The minimum atomic E-state index is 0.732. The van der Waals surface area contributed by atoms with Crippen LogP contribution >= 0.6 is 0 Å². The SMILES string of the molecule is c1cc(-c2nc3c(c(NCCn4ccnn4)n2)CCNCC3)ccn1. The van der Waals surface area contributed by atoms with Crippen molar-refractivity contribution in [3.63, 3.8) is 0 Å². The second-order valence-corrected chi connectivity index (χ2v) is 5.90. The Labute approximate surface area is 145 Å². The van der Waals surface area contributed by atoms with Crippen molar-refractivity contribution in [1.29, 1.82) is 0 Å². The Morgan fingerprint density at radius 2 is 1.96 bits per heavy atom. The molecule has 0 spiro atoms. The smallest absolute Gasteiger partial charge is 0.161 e. The number of anilines is 1. The molecule has 0 bridgehead atoms. The molecular weight excluding hydrogens is 316 g/mol. The van der Waals surface area contributed by atoms with Crippen LogP contribution in [0.2, 0.25) is 0 Å². The lowest BCUT2D eigenvalue weighted by Crippen LogP contribution is -2.17. The van der Waals surface area contributed by atoms with Crippen LogP contribution < -0.4 is 10.6 Å². The monoisotopic (exact) mass is 336 g/mol. The van der Waals surface area contributed by atoms with E-state index in [1.807, 2.05) is 18.3 Å². The van der Waals surface area contributed by atoms with E-state index in [0.717, 1.165) is 61.9 Å². The van der Waals surface area contributed by atoms with Crippen molar-refractivity contribution in [2.45, 2.75) is 19.4 Å². The summed E-state index contributed by atoms with van der Waals surface area (Å²) >= 11 is 0. The van der Waals surface area contributed by atoms with E-state index in [1.165, 1.54) is 5.56 Å². The number of rotatable bonds is 5. The third-order valence-corrected chi connectivity index (χ3v) is 4.23. The third-order valence-electron chi connectivity index (χ3n) is 4.23. The van der Waals surface area contributed by atoms with Crippen LogP contribution in [-0.2, 0) is 19.4 Å². The molecule has 8 nitrogen and oxygen atoms in total. The Bertz CT molecular complexity index is 816. The number of pyridine rings is 1. The maximum atomic E-state index is 4.82. The van der Waals surface area contributed by atoms with Crippen LogP contribution in [0, 0.1) is 0 Å². The van der Waals surface area contributed by atoms with Crippen LogP contribution in [-0.4, -0.2) is 49.6 Å². The fraction of sp³-hybridized carbons (Fsp3) is 0.353. The van der Waals surface area contributed by atoms with E-state index < -0.39 is 0 Å². The first-order valence-corrected chi connectivity index (χ1v) is 8.49. The van der Waals surface area contributed by atoms with E-state index in [-0.39, 0.29) is 0 Å². The summed E-state index contributed by atoms with van der Waals surface area (Å²) in [6, 6.07) is 3.88. The first-order chi connectivity index (χ1) is 12.4. The number of nitrogens with one attached hydrogen (secondary N) is 2. The summed E-state index contributed by atoms with van der Waals surface area (Å²) in [7, 11) is 0. The normalized spacial score (nSPS) is 13.9. The summed E-state index contributed by atoms with van der Waals surface area (Å²) < 4.78 is 1.80. The molecular formula is C17H20N8. The number of hydrogen-bond donors (Lipinski definition) is 2. The molecule has 2 N–H and O–H groups in total. The van der Waals surface area contributed by atoms with Crippen molar-refractivity contribution < 1.29 is 0 Å². The van der Waals surface area contributed by atoms with Gasteiger partial charge in [0.05, 0.1) is 18.4 Å². The highest BCUT2D eigenvalue weighted by Gasteiger charge is 2.17. The Balaban J connectivity index is 1.63. The molecule has 4 heterocycles. The summed E-state index contributed by atoms with van der Waals surface area (Å²) in [6.07, 6.45) is 8.91. The summed E-state index contributed by atoms with van der Waals surface area (Å²) in [5.74, 6) is 1.66. The minimum absolute atomic E-state index is 0.732. The third kappa shape index (κ3) is 3.63. The first kappa shape index (κ1) is 15.6. The Kier molecular flexibility index (Phi) is 4.60. The Hall–Kier alpha value is -2.87. The summed E-state index contributed by atoms with van der Waals surface area (Å²) in [6.45, 7) is 3.36. The van der Waals surface area contributed by atoms with Crippen LogP contribution in [0.3, 0.4) is 0 Å². The molecule has 0 radical (unpaired) electrons. The zero-order chi connectivity index (χ0) is 16.9. The first-order valence-electron chi connectivity index (χ1n) is 8.49. The van der Waals surface area contributed by atoms with Crippen molar-refractivity contribution >= 4 is 5.82 Å². The Morgan fingerprint density at radius 1 is 1.08 bits per heavy atom. The van der Waals surface area contributed by atoms with Crippen LogP contribution in [0.1, 0.15) is 11.3 Å². The van der Waals surface area contributed by atoms with Crippen LogP contribution in [0.5, 0.6) is 0 Å². The zero-order valence-corrected chi connectivity index (χ0v) is 13.9. The van der Waals surface area contributed by atoms with Crippen molar-refractivity contribution in [3.8, 4) is 11.4 Å². The van der Waals surface area contributed by atoms with Gasteiger partial charge in [-0.2, -0.15) is 0 Å². The van der Waals surface area contributed by atoms with Gasteiger partial charge < -0.3 is 10.6 Å². The number of hydrogen-bond acceptors (Lipinski definition) is 7. The number of aromatic nitrogens is 6. The minimum Gasteiger partial charge on any atom is -0.368 e. The maximum absolute atomic E-state index is 4.82. The zero-order valence-electron chi connectivity index (χ0n) is 13.9. The quantitative estimate of drug-likeness (QED) is 0.716. The molecule has 3 aromatic heterocycles. The fourth-order valence-electron chi connectivity index (χ4n) is 2.96. The molecule has 0 unspecified atom stereocenters. The van der Waals surface area contributed by atoms with E-state index in [4.69, 9.17) is 9.97 Å². The predicted molar refractivity (Wildman–Crippen MR) is 94.1 cm³/mol. The standard InChI is InChI=1S/C17H20N8/c1-5-18-6-2-13(1)16-22-15-4-8-19-7-3-14(15)17(23-16)20-9-11-25-12-10-21-24-25/h1-2,5-6,10,12,19H,3-4,7-9,11H2,(H,20,22,23). The lowest BCUT2D eigenvalue weighted by atomic mass is 10.1. The second-order valence-electron chi connectivity index (χ2n) is 5.90. The number of nitrogens with zero attached hydrogens (tertiary/aromatic N) is 6. The van der Waals surface area contributed by atoms with Gasteiger partial charge in [0.15, 0.2) is 5.82 Å². The van der Waals surface area contributed by atoms with Gasteiger partial charge in [0, 0.05) is 49.2 Å². The average Bonchev–Trinajstić information content (AvgIpc) is 3.05. The molecule has 25 heavy (non-hydrogen) atoms. The van der Waals surface area contributed by atoms with E-state index in [1.54, 1.807) is 23.3 Å². The van der Waals surface area contributed by atoms with E-state index >= 15 is 0 Å². The molecule has 0 amide bonds. The van der Waals surface area contributed by atoms with Crippen molar-refractivity contribution in [3.05, 3.63) is 48.2 Å². The van der Waals surface area contributed by atoms with Gasteiger partial charge in [-0.25, -0.2) is 9.97 Å². The van der Waals surface area contributed by atoms with Gasteiger partial charge in [-0.3, -0.25) is 9.67 Å². The molecule has 0 saturated carbocycles. The average molecular weight is 336 g/mol. The molecule has 0 fully saturated rings. The molecule has 0 aromatic carbocycles. The van der Waals surface area contributed by atoms with E-state index in [0.29, 0.717) is 0 Å². The molecule has 8 heteroatoms. The molecule has 1 aliphatic rings. The highest BCUT2D eigenvalue weighted by Crippen LogP contribution is 2.24. The van der Waals surface area contributed by atoms with Crippen LogP contribution in [0.25, 0.3) is 11.4 Å². The van der Waals surface area contributed by atoms with Gasteiger partial charge in [-0.1, -0.05) is 5.21 Å². The summed E-state index contributed by atoms with van der Waals surface area (Å²) in [5.41, 5.74) is 3.31. The molecule has 1 aliphatic heterocycles. The largest absolute Gasteiger partial charge is 0.368 e. The summed E-state index contributed by atoms with van der Waals surface area (Å²) in [5, 5.41) is 14.7.